The summed E-state index contributed by atoms with van der Waals surface area (Å²) in [6, 6.07) is 0.517. The van der Waals surface area contributed by atoms with Gasteiger partial charge >= 0.3 is 0 Å². The van der Waals surface area contributed by atoms with Gasteiger partial charge in [-0.25, -0.2) is 13.4 Å². The average molecular weight is 316 g/mol. The van der Waals surface area contributed by atoms with Crippen molar-refractivity contribution >= 4 is 21.2 Å². The van der Waals surface area contributed by atoms with Crippen molar-refractivity contribution in [2.24, 2.45) is 5.92 Å². The molecule has 112 valence electrons. The highest BCUT2D eigenvalue weighted by molar-refractivity contribution is 7.90. The molecule has 0 bridgehead atoms. The molecule has 1 atom stereocenters. The Bertz CT molecular complexity index is 566. The second-order valence-corrected chi connectivity index (χ2v) is 8.84. The summed E-state index contributed by atoms with van der Waals surface area (Å²) in [5, 5.41) is 2.68. The zero-order chi connectivity index (χ0) is 14.2. The van der Waals surface area contributed by atoms with Crippen LogP contribution in [-0.2, 0) is 26.9 Å². The highest BCUT2D eigenvalue weighted by atomic mass is 32.2. The maximum absolute atomic E-state index is 11.3. The number of nitrogens with zero attached hydrogens (tertiary/aromatic N) is 2. The minimum atomic E-state index is -3.00. The molecule has 7 heteroatoms. The van der Waals surface area contributed by atoms with Crippen LogP contribution >= 0.6 is 11.3 Å². The van der Waals surface area contributed by atoms with Gasteiger partial charge in [0.2, 0.25) is 0 Å². The molecule has 1 aliphatic heterocycles. The molecule has 0 amide bonds. The van der Waals surface area contributed by atoms with Gasteiger partial charge in [-0.3, -0.25) is 4.90 Å². The molecular formula is C13H20N2O3S2. The number of morpholine rings is 1. The summed E-state index contributed by atoms with van der Waals surface area (Å²) < 4.78 is 28.2. The maximum Gasteiger partial charge on any atom is 0.153 e. The van der Waals surface area contributed by atoms with Gasteiger partial charge in [-0.2, -0.15) is 0 Å². The smallest absolute Gasteiger partial charge is 0.153 e. The molecule has 0 radical (unpaired) electrons. The first-order valence-electron chi connectivity index (χ1n) is 6.94. The molecule has 2 aliphatic rings. The normalized spacial score (nSPS) is 24.9. The van der Waals surface area contributed by atoms with Crippen molar-refractivity contribution in [2.45, 2.75) is 31.2 Å². The fourth-order valence-electron chi connectivity index (χ4n) is 2.69. The first-order valence-corrected chi connectivity index (χ1v) is 9.88. The van der Waals surface area contributed by atoms with Crippen LogP contribution in [0.1, 0.15) is 23.5 Å². The van der Waals surface area contributed by atoms with E-state index in [0.29, 0.717) is 11.0 Å². The molecule has 1 aromatic heterocycles. The van der Waals surface area contributed by atoms with Gasteiger partial charge in [0.15, 0.2) is 9.84 Å². The van der Waals surface area contributed by atoms with E-state index in [1.165, 1.54) is 30.4 Å². The molecular weight excluding hydrogens is 296 g/mol. The minimum Gasteiger partial charge on any atom is -0.378 e. The molecule has 5 nitrogen and oxygen atoms in total. The number of aromatic nitrogens is 1. The highest BCUT2D eigenvalue weighted by Crippen LogP contribution is 2.37. The van der Waals surface area contributed by atoms with Gasteiger partial charge < -0.3 is 4.74 Å². The number of sulfone groups is 1. The van der Waals surface area contributed by atoms with Crippen LogP contribution in [0.4, 0.5) is 0 Å². The molecule has 20 heavy (non-hydrogen) atoms. The standard InChI is InChI=1S/C13H20N2O3S2/c1-20(16,17)9-13-14-11(8-19-13)6-15-4-5-18-7-12(15)10-2-3-10/h8,10,12H,2-7,9H2,1H3. The van der Waals surface area contributed by atoms with Crippen LogP contribution in [0.25, 0.3) is 0 Å². The molecule has 0 aromatic carbocycles. The van der Waals surface area contributed by atoms with Crippen molar-refractivity contribution < 1.29 is 13.2 Å². The minimum absolute atomic E-state index is 0.0484. The number of thiazole rings is 1. The summed E-state index contributed by atoms with van der Waals surface area (Å²) in [4.78, 5) is 6.91. The monoisotopic (exact) mass is 316 g/mol. The van der Waals surface area contributed by atoms with Crippen molar-refractivity contribution in [2.75, 3.05) is 26.0 Å². The van der Waals surface area contributed by atoms with Crippen LogP contribution in [0.2, 0.25) is 0 Å². The van der Waals surface area contributed by atoms with Gasteiger partial charge in [0.05, 0.1) is 18.9 Å². The third kappa shape index (κ3) is 3.78. The maximum atomic E-state index is 11.3. The Balaban J connectivity index is 1.64. The fourth-order valence-corrected chi connectivity index (χ4v) is 4.69. The Kier molecular flexibility index (Phi) is 4.12. The first kappa shape index (κ1) is 14.4. The van der Waals surface area contributed by atoms with Crippen LogP contribution in [0.5, 0.6) is 0 Å². The quantitative estimate of drug-likeness (QED) is 0.819. The van der Waals surface area contributed by atoms with E-state index >= 15 is 0 Å². The van der Waals surface area contributed by atoms with E-state index in [9.17, 15) is 8.42 Å². The van der Waals surface area contributed by atoms with E-state index in [2.05, 4.69) is 9.88 Å². The van der Waals surface area contributed by atoms with Crippen LogP contribution in [-0.4, -0.2) is 50.4 Å². The number of hydrogen-bond donors (Lipinski definition) is 0. The summed E-state index contributed by atoms with van der Waals surface area (Å²) in [5.41, 5.74) is 0.987. The SMILES string of the molecule is CS(=O)(=O)Cc1nc(CN2CCOCC2C2CC2)cs1. The Hall–Kier alpha value is -0.500. The van der Waals surface area contributed by atoms with E-state index in [4.69, 9.17) is 4.74 Å². The van der Waals surface area contributed by atoms with Crippen molar-refractivity contribution in [3.8, 4) is 0 Å². The van der Waals surface area contributed by atoms with Crippen LogP contribution in [0, 0.1) is 5.92 Å². The van der Waals surface area contributed by atoms with Crippen molar-refractivity contribution in [1.82, 2.24) is 9.88 Å². The van der Waals surface area contributed by atoms with Crippen molar-refractivity contribution in [3.05, 3.63) is 16.1 Å². The second-order valence-electron chi connectivity index (χ2n) is 5.75. The summed E-state index contributed by atoms with van der Waals surface area (Å²) in [5.74, 6) is 0.830. The molecule has 0 N–H and O–H groups in total. The van der Waals surface area contributed by atoms with Crippen LogP contribution in [0.3, 0.4) is 0 Å². The number of hydrogen-bond acceptors (Lipinski definition) is 6. The molecule has 1 saturated heterocycles. The molecule has 3 rings (SSSR count). The van der Waals surface area contributed by atoms with Gasteiger partial charge in [-0.15, -0.1) is 11.3 Å². The second kappa shape index (κ2) is 5.71. The summed E-state index contributed by atoms with van der Waals surface area (Å²) in [6.07, 6.45) is 3.86. The Morgan fingerprint density at radius 2 is 2.30 bits per heavy atom. The molecule has 2 fully saturated rings. The topological polar surface area (TPSA) is 59.5 Å². The lowest BCUT2D eigenvalue weighted by Gasteiger charge is -2.35. The molecule has 1 aromatic rings. The zero-order valence-electron chi connectivity index (χ0n) is 11.6. The zero-order valence-corrected chi connectivity index (χ0v) is 13.3. The third-order valence-corrected chi connectivity index (χ3v) is 5.67. The molecule has 2 heterocycles. The molecule has 0 spiro atoms. The van der Waals surface area contributed by atoms with Crippen LogP contribution in [0.15, 0.2) is 5.38 Å². The molecule has 1 aliphatic carbocycles. The predicted octanol–water partition coefficient (Wildman–Crippen LogP) is 1.30. The van der Waals surface area contributed by atoms with Crippen molar-refractivity contribution in [1.29, 1.82) is 0 Å². The highest BCUT2D eigenvalue weighted by Gasteiger charge is 2.37. The lowest BCUT2D eigenvalue weighted by atomic mass is 10.1. The van der Waals surface area contributed by atoms with E-state index in [-0.39, 0.29) is 5.75 Å². The molecule has 1 saturated carbocycles. The lowest BCUT2D eigenvalue weighted by molar-refractivity contribution is -0.0202. The predicted molar refractivity (Wildman–Crippen MR) is 78.4 cm³/mol. The summed E-state index contributed by atoms with van der Waals surface area (Å²) >= 11 is 1.44. The third-order valence-electron chi connectivity index (χ3n) is 3.80. The number of ether oxygens (including phenoxy) is 1. The lowest BCUT2D eigenvalue weighted by Crippen LogP contribution is -2.46. The first-order chi connectivity index (χ1) is 9.51. The Labute approximate surface area is 123 Å². The van der Waals surface area contributed by atoms with Crippen LogP contribution < -0.4 is 0 Å². The van der Waals surface area contributed by atoms with E-state index < -0.39 is 9.84 Å². The number of rotatable bonds is 5. The summed E-state index contributed by atoms with van der Waals surface area (Å²) in [7, 11) is -3.00. The average Bonchev–Trinajstić information content (AvgIpc) is 3.12. The largest absolute Gasteiger partial charge is 0.378 e. The van der Waals surface area contributed by atoms with Gasteiger partial charge in [0.1, 0.15) is 10.8 Å². The fraction of sp³-hybridized carbons (Fsp3) is 0.769. The van der Waals surface area contributed by atoms with E-state index in [0.717, 1.165) is 37.9 Å². The van der Waals surface area contributed by atoms with Gasteiger partial charge in [-0.05, 0) is 18.8 Å². The van der Waals surface area contributed by atoms with Gasteiger partial charge in [0.25, 0.3) is 0 Å². The van der Waals surface area contributed by atoms with E-state index in [1.54, 1.807) is 0 Å². The molecule has 1 unspecified atom stereocenters. The van der Waals surface area contributed by atoms with E-state index in [1.807, 2.05) is 5.38 Å². The Morgan fingerprint density at radius 3 is 3.00 bits per heavy atom. The van der Waals surface area contributed by atoms with Gasteiger partial charge in [0, 0.05) is 30.8 Å². The van der Waals surface area contributed by atoms with Crippen molar-refractivity contribution in [3.63, 3.8) is 0 Å². The Morgan fingerprint density at radius 1 is 1.50 bits per heavy atom. The van der Waals surface area contributed by atoms with Gasteiger partial charge in [-0.1, -0.05) is 0 Å². The summed E-state index contributed by atoms with van der Waals surface area (Å²) in [6.45, 7) is 3.36.